The van der Waals surface area contributed by atoms with Crippen molar-refractivity contribution in [1.29, 1.82) is 0 Å². The summed E-state index contributed by atoms with van der Waals surface area (Å²) in [6.45, 7) is 10.7. The number of methoxy groups -OCH3 is 2. The lowest BCUT2D eigenvalue weighted by molar-refractivity contribution is 0.184. The second kappa shape index (κ2) is 9.95. The number of halogens is 1. The van der Waals surface area contributed by atoms with Crippen molar-refractivity contribution >= 4 is 33.0 Å². The van der Waals surface area contributed by atoms with Crippen LogP contribution in [0.4, 0.5) is 0 Å². The van der Waals surface area contributed by atoms with E-state index in [0.717, 1.165) is 4.47 Å². The number of hydrogen-bond acceptors (Lipinski definition) is 6. The molecule has 0 unspecified atom stereocenters. The third-order valence-corrected chi connectivity index (χ3v) is 5.30. The number of aromatic nitrogens is 2. The van der Waals surface area contributed by atoms with E-state index in [1.165, 1.54) is 4.68 Å². The van der Waals surface area contributed by atoms with Crippen molar-refractivity contribution in [3.8, 4) is 17.2 Å². The molecule has 0 bridgehead atoms. The number of ether oxygens (including phenoxy) is 3. The van der Waals surface area contributed by atoms with Crippen molar-refractivity contribution in [2.45, 2.75) is 40.5 Å². The third-order valence-electron chi connectivity index (χ3n) is 4.80. The molecule has 0 N–H and O–H groups in total. The maximum absolute atomic E-state index is 13.2. The third kappa shape index (κ3) is 5.74. The van der Waals surface area contributed by atoms with Gasteiger partial charge >= 0.3 is 0 Å². The van der Waals surface area contributed by atoms with Crippen LogP contribution in [-0.4, -0.2) is 36.7 Å². The summed E-state index contributed by atoms with van der Waals surface area (Å²) >= 11 is 3.42. The lowest BCUT2D eigenvalue weighted by Gasteiger charge is -2.21. The molecule has 0 spiro atoms. The first-order chi connectivity index (χ1) is 15.5. The van der Waals surface area contributed by atoms with E-state index < -0.39 is 0 Å². The summed E-state index contributed by atoms with van der Waals surface area (Å²) in [6.07, 6.45) is 1.59. The van der Waals surface area contributed by atoms with E-state index in [1.807, 2.05) is 26.0 Å². The van der Waals surface area contributed by atoms with Crippen LogP contribution in [0.1, 0.15) is 51.9 Å². The smallest absolute Gasteiger partial charge is 0.282 e. The number of fused-ring (bicyclic) bond motifs is 1. The Bertz CT molecular complexity index is 1220. The van der Waals surface area contributed by atoms with Crippen molar-refractivity contribution in [3.63, 3.8) is 0 Å². The Hall–Kier alpha value is -2.87. The molecule has 7 nitrogen and oxygen atoms in total. The highest BCUT2D eigenvalue weighted by molar-refractivity contribution is 9.10. The molecule has 0 aliphatic heterocycles. The molecule has 8 heteroatoms. The molecule has 176 valence electrons. The molecule has 0 saturated heterocycles. The predicted octanol–water partition coefficient (Wildman–Crippen LogP) is 5.61. The van der Waals surface area contributed by atoms with Crippen LogP contribution in [0, 0.1) is 5.41 Å². The first kappa shape index (κ1) is 24.8. The van der Waals surface area contributed by atoms with Crippen LogP contribution in [0.5, 0.6) is 17.2 Å². The topological polar surface area (TPSA) is 74.9 Å². The molecular formula is C25H30BrN3O4. The highest BCUT2D eigenvalue weighted by Crippen LogP contribution is 2.39. The van der Waals surface area contributed by atoms with Gasteiger partial charge < -0.3 is 14.2 Å². The summed E-state index contributed by atoms with van der Waals surface area (Å²) in [5.74, 6) is 2.16. The minimum Gasteiger partial charge on any atom is -0.493 e. The molecule has 0 aliphatic rings. The summed E-state index contributed by atoms with van der Waals surface area (Å²) in [5, 5.41) is 4.98. The fourth-order valence-corrected chi connectivity index (χ4v) is 3.54. The quantitative estimate of drug-likeness (QED) is 0.382. The summed E-state index contributed by atoms with van der Waals surface area (Å²) < 4.78 is 19.3. The van der Waals surface area contributed by atoms with Gasteiger partial charge in [-0.3, -0.25) is 4.79 Å². The maximum atomic E-state index is 13.2. The van der Waals surface area contributed by atoms with Crippen LogP contribution in [0.3, 0.4) is 0 Å². The van der Waals surface area contributed by atoms with Gasteiger partial charge in [-0.2, -0.15) is 9.78 Å². The Morgan fingerprint density at radius 3 is 2.30 bits per heavy atom. The van der Waals surface area contributed by atoms with Crippen LogP contribution in [0.2, 0.25) is 0 Å². The fraction of sp³-hybridized carbons (Fsp3) is 0.400. The molecule has 0 amide bonds. The average Bonchev–Trinajstić information content (AvgIpc) is 2.76. The molecule has 0 atom stereocenters. The maximum Gasteiger partial charge on any atom is 0.282 e. The second-order valence-corrected chi connectivity index (χ2v) is 10.2. The standard InChI is InChI=1S/C25H30BrN3O4/c1-15(2)23-28-19-9-8-17(26)12-18(19)24(30)29(23)27-13-16-10-20(31-6)22(21(11-16)32-7)33-14-25(3,4)5/h8-13,15H,14H2,1-7H3. The van der Waals surface area contributed by atoms with Gasteiger partial charge in [0.1, 0.15) is 5.82 Å². The van der Waals surface area contributed by atoms with E-state index in [2.05, 4.69) is 46.8 Å². The number of nitrogens with zero attached hydrogens (tertiary/aromatic N) is 3. The summed E-state index contributed by atoms with van der Waals surface area (Å²) in [5.41, 5.74) is 1.08. The van der Waals surface area contributed by atoms with Gasteiger partial charge in [-0.1, -0.05) is 50.5 Å². The van der Waals surface area contributed by atoms with Crippen molar-refractivity contribution < 1.29 is 14.2 Å². The zero-order chi connectivity index (χ0) is 24.3. The fourth-order valence-electron chi connectivity index (χ4n) is 3.18. The summed E-state index contributed by atoms with van der Waals surface area (Å²) in [4.78, 5) is 17.9. The molecular weight excluding hydrogens is 486 g/mol. The molecule has 1 aromatic heterocycles. The van der Waals surface area contributed by atoms with E-state index >= 15 is 0 Å². The van der Waals surface area contributed by atoms with Crippen molar-refractivity contribution in [2.24, 2.45) is 10.5 Å². The second-order valence-electron chi connectivity index (χ2n) is 9.25. The molecule has 33 heavy (non-hydrogen) atoms. The van der Waals surface area contributed by atoms with Crippen molar-refractivity contribution in [3.05, 3.63) is 56.5 Å². The summed E-state index contributed by atoms with van der Waals surface area (Å²) in [7, 11) is 3.15. The van der Waals surface area contributed by atoms with E-state index in [-0.39, 0.29) is 16.9 Å². The molecule has 3 aromatic rings. The molecule has 1 heterocycles. The largest absolute Gasteiger partial charge is 0.493 e. The van der Waals surface area contributed by atoms with Gasteiger partial charge in [-0.25, -0.2) is 4.98 Å². The van der Waals surface area contributed by atoms with E-state index in [4.69, 9.17) is 14.2 Å². The lowest BCUT2D eigenvalue weighted by Crippen LogP contribution is -2.23. The lowest BCUT2D eigenvalue weighted by atomic mass is 9.99. The van der Waals surface area contributed by atoms with Gasteiger partial charge in [0.25, 0.3) is 5.56 Å². The normalized spacial score (nSPS) is 12.0. The first-order valence-corrected chi connectivity index (χ1v) is 11.5. The SMILES string of the molecule is COc1cc(C=Nn2c(C(C)C)nc3ccc(Br)cc3c2=O)cc(OC)c1OCC(C)(C)C. The Labute approximate surface area is 202 Å². The van der Waals surface area contributed by atoms with Crippen molar-refractivity contribution in [1.82, 2.24) is 9.66 Å². The van der Waals surface area contributed by atoms with E-state index in [9.17, 15) is 4.79 Å². The first-order valence-electron chi connectivity index (χ1n) is 10.7. The minimum atomic E-state index is -0.231. The molecule has 0 radical (unpaired) electrons. The Balaban J connectivity index is 2.08. The minimum absolute atomic E-state index is 0.000133. The Morgan fingerprint density at radius 1 is 1.12 bits per heavy atom. The number of rotatable bonds is 7. The monoisotopic (exact) mass is 515 g/mol. The highest BCUT2D eigenvalue weighted by Gasteiger charge is 2.18. The van der Waals surface area contributed by atoms with Crippen LogP contribution < -0.4 is 19.8 Å². The van der Waals surface area contributed by atoms with Crippen LogP contribution >= 0.6 is 15.9 Å². The van der Waals surface area contributed by atoms with E-state index in [0.29, 0.717) is 46.1 Å². The van der Waals surface area contributed by atoms with Crippen LogP contribution in [-0.2, 0) is 0 Å². The molecule has 0 saturated carbocycles. The van der Waals surface area contributed by atoms with Gasteiger partial charge in [0.15, 0.2) is 11.5 Å². The van der Waals surface area contributed by atoms with Crippen LogP contribution in [0.15, 0.2) is 44.7 Å². The van der Waals surface area contributed by atoms with Gasteiger partial charge in [0.05, 0.1) is 37.9 Å². The molecule has 3 rings (SSSR count). The van der Waals surface area contributed by atoms with E-state index in [1.54, 1.807) is 38.6 Å². The van der Waals surface area contributed by atoms with Gasteiger partial charge in [-0.15, -0.1) is 0 Å². The molecule has 2 aromatic carbocycles. The number of benzene rings is 2. The average molecular weight is 516 g/mol. The van der Waals surface area contributed by atoms with Gasteiger partial charge in [0.2, 0.25) is 5.75 Å². The van der Waals surface area contributed by atoms with Gasteiger partial charge in [0, 0.05) is 16.0 Å². The number of hydrogen-bond donors (Lipinski definition) is 0. The zero-order valence-corrected chi connectivity index (χ0v) is 21.7. The summed E-state index contributed by atoms with van der Waals surface area (Å²) in [6, 6.07) is 9.06. The molecule has 0 aliphatic carbocycles. The highest BCUT2D eigenvalue weighted by atomic mass is 79.9. The zero-order valence-electron chi connectivity index (χ0n) is 20.1. The Morgan fingerprint density at radius 2 is 1.76 bits per heavy atom. The van der Waals surface area contributed by atoms with Crippen molar-refractivity contribution in [2.75, 3.05) is 20.8 Å². The predicted molar refractivity (Wildman–Crippen MR) is 135 cm³/mol. The van der Waals surface area contributed by atoms with Gasteiger partial charge in [-0.05, 0) is 35.7 Å². The van der Waals surface area contributed by atoms with Crippen LogP contribution in [0.25, 0.3) is 10.9 Å². The molecule has 0 fully saturated rings. The Kier molecular flexibility index (Phi) is 7.47.